The molecule has 0 atom stereocenters. The summed E-state index contributed by atoms with van der Waals surface area (Å²) < 4.78 is 0. The molecule has 0 bridgehead atoms. The van der Waals surface area contributed by atoms with Crippen LogP contribution in [0.2, 0.25) is 0 Å². The maximum Gasteiger partial charge on any atom is -0.0287 e. The Morgan fingerprint density at radius 1 is 0.192 bits per heavy atom. The Kier molecular flexibility index (Phi) is 23.2. The van der Waals surface area contributed by atoms with Crippen LogP contribution in [0.15, 0.2) is 0 Å². The van der Waals surface area contributed by atoms with Crippen LogP contribution in [-0.2, 0) is 0 Å². The summed E-state index contributed by atoms with van der Waals surface area (Å²) in [6.45, 7) is 43.8. The highest BCUT2D eigenvalue weighted by Gasteiger charge is 2.48. The molecule has 0 N–H and O–H groups in total. The van der Waals surface area contributed by atoms with E-state index in [-0.39, 0.29) is 0 Å². The van der Waals surface area contributed by atoms with Crippen molar-refractivity contribution < 1.29 is 0 Å². The van der Waals surface area contributed by atoms with Gasteiger partial charge in [-0.2, -0.15) is 0 Å². The van der Waals surface area contributed by atoms with Crippen LogP contribution in [0.4, 0.5) is 0 Å². The van der Waals surface area contributed by atoms with Gasteiger partial charge in [0.2, 0.25) is 0 Å². The molecule has 0 saturated heterocycles. The molecule has 10 aliphatic carbocycles. The molecule has 10 rings (SSSR count). The van der Waals surface area contributed by atoms with E-state index in [1.807, 2.05) is 0 Å². The van der Waals surface area contributed by atoms with Crippen LogP contribution in [0, 0.1) is 89.7 Å². The molecule has 73 heavy (non-hydrogen) atoms. The molecule has 0 radical (unpaired) electrons. The Morgan fingerprint density at radius 3 is 0.740 bits per heavy atom. The fourth-order valence-electron chi connectivity index (χ4n) is 19.7. The second-order valence-corrected chi connectivity index (χ2v) is 35.9. The smallest absolute Gasteiger partial charge is 0.0287 e. The third-order valence-corrected chi connectivity index (χ3v) is 23.6. The van der Waals surface area contributed by atoms with Gasteiger partial charge in [0, 0.05) is 0 Å². The van der Waals surface area contributed by atoms with Crippen LogP contribution in [-0.4, -0.2) is 0 Å². The van der Waals surface area contributed by atoms with E-state index in [0.717, 1.165) is 51.8 Å². The molecule has 10 aliphatic rings. The van der Waals surface area contributed by atoms with E-state index in [2.05, 4.69) is 125 Å². The Labute approximate surface area is 462 Å². The molecular formula is C73H138. The van der Waals surface area contributed by atoms with Gasteiger partial charge >= 0.3 is 0 Å². The van der Waals surface area contributed by atoms with Gasteiger partial charge in [0.1, 0.15) is 0 Å². The lowest BCUT2D eigenvalue weighted by Crippen LogP contribution is -2.43. The summed E-state index contributed by atoms with van der Waals surface area (Å²) >= 11 is 0. The predicted molar refractivity (Wildman–Crippen MR) is 327 cm³/mol. The summed E-state index contributed by atoms with van der Waals surface area (Å²) in [5.41, 5.74) is 6.81. The molecule has 0 heteroatoms. The molecular weight excluding hydrogens is 877 g/mol. The fourth-order valence-corrected chi connectivity index (χ4v) is 19.7. The van der Waals surface area contributed by atoms with Crippen molar-refractivity contribution in [2.75, 3.05) is 0 Å². The molecule has 4 spiro atoms. The zero-order chi connectivity index (χ0) is 54.0. The first-order chi connectivity index (χ1) is 33.8. The van der Waals surface area contributed by atoms with Crippen molar-refractivity contribution in [3.63, 3.8) is 0 Å². The first-order valence-corrected chi connectivity index (χ1v) is 33.8. The van der Waals surface area contributed by atoms with Gasteiger partial charge in [-0.15, -0.1) is 0 Å². The van der Waals surface area contributed by atoms with E-state index in [0.29, 0.717) is 37.9 Å². The third-order valence-electron chi connectivity index (χ3n) is 23.6. The van der Waals surface area contributed by atoms with Crippen LogP contribution in [0.25, 0.3) is 0 Å². The topological polar surface area (TPSA) is 0 Å². The monoisotopic (exact) mass is 1020 g/mol. The van der Waals surface area contributed by atoms with E-state index in [1.165, 1.54) is 199 Å². The molecule has 430 valence electrons. The lowest BCUT2D eigenvalue weighted by Gasteiger charge is -2.54. The second-order valence-electron chi connectivity index (χ2n) is 35.9. The fraction of sp³-hybridized carbons (Fsp3) is 1.00. The Morgan fingerprint density at radius 2 is 0.438 bits per heavy atom. The van der Waals surface area contributed by atoms with E-state index < -0.39 is 0 Å². The standard InChI is InChI=1S/C16H30.C14H26.C12H22.C11H20.C11H22.C9H18/c1-13-6-8-16(9-7-13)11-14(2,3)10-15(4,5)12-16;1-12-4-6-14(7-5-12)10-8-13(2,3)9-11-14;1-11-5-9-12(10-6-11)7-3-2-4-8-12;1-10-4-8-11(9-5-10)6-2-3-7-11;1-9-6-10(2,3)8-11(4,5)7-9;1-8-4-6-9(2,3)7-5-8/h13H,6-12H2,1-5H3;12H,4-11H2,1-3H3;11H,2-10H2,1H3;10H,2-9H2,1H3;9H,6-8H2,1-5H3;8H,4-7H2,1-3H3. The lowest BCUT2D eigenvalue weighted by molar-refractivity contribution is -0.0321. The highest BCUT2D eigenvalue weighted by Crippen LogP contribution is 2.60. The zero-order valence-corrected chi connectivity index (χ0v) is 54.0. The van der Waals surface area contributed by atoms with Crippen LogP contribution in [0.5, 0.6) is 0 Å². The van der Waals surface area contributed by atoms with Crippen molar-refractivity contribution in [1.82, 2.24) is 0 Å². The minimum absolute atomic E-state index is 0.572. The van der Waals surface area contributed by atoms with Crippen molar-refractivity contribution >= 4 is 0 Å². The summed E-state index contributed by atoms with van der Waals surface area (Å²) in [6.07, 6.45) is 58.5. The number of hydrogen-bond acceptors (Lipinski definition) is 0. The Bertz CT molecular complexity index is 1470. The molecule has 0 aromatic rings. The molecule has 0 heterocycles. The molecule has 0 nitrogen and oxygen atoms in total. The summed E-state index contributed by atoms with van der Waals surface area (Å²) in [7, 11) is 0. The largest absolute Gasteiger partial charge is 0.0625 e. The zero-order valence-electron chi connectivity index (χ0n) is 54.0. The molecule has 0 amide bonds. The number of rotatable bonds is 0. The van der Waals surface area contributed by atoms with E-state index in [9.17, 15) is 0 Å². The van der Waals surface area contributed by atoms with E-state index in [4.69, 9.17) is 0 Å². The highest BCUT2D eigenvalue weighted by atomic mass is 14.5. The van der Waals surface area contributed by atoms with E-state index in [1.54, 1.807) is 51.4 Å². The molecule has 0 aromatic heterocycles. The van der Waals surface area contributed by atoms with Crippen molar-refractivity contribution in [3.8, 4) is 0 Å². The van der Waals surface area contributed by atoms with Gasteiger partial charge in [0.25, 0.3) is 0 Å². The average molecular weight is 1020 g/mol. The van der Waals surface area contributed by atoms with Gasteiger partial charge in [-0.3, -0.25) is 0 Å². The minimum Gasteiger partial charge on any atom is -0.0625 e. The van der Waals surface area contributed by atoms with Gasteiger partial charge in [-0.05, 0) is 244 Å². The van der Waals surface area contributed by atoms with Crippen molar-refractivity contribution in [2.24, 2.45) is 89.7 Å². The van der Waals surface area contributed by atoms with Crippen LogP contribution in [0.3, 0.4) is 0 Å². The summed E-state index contributed by atoms with van der Waals surface area (Å²) in [4.78, 5) is 0. The first kappa shape index (κ1) is 63.8. The van der Waals surface area contributed by atoms with Crippen molar-refractivity contribution in [3.05, 3.63) is 0 Å². The maximum absolute atomic E-state index is 2.49. The normalized spacial score (nSPS) is 31.2. The summed E-state index contributed by atoms with van der Waals surface area (Å²) in [6, 6.07) is 0. The molecule has 0 aromatic carbocycles. The molecule has 10 fully saturated rings. The minimum atomic E-state index is 0.572. The SMILES string of the molecule is CC1CC(C)(C)CC(C)(C)C1.CC1CCC(C)(C)CC1.CC1CCC2(CC1)CC(C)(C)CC(C)(C)C2.CC1CCC2(CC1)CCC(C)(C)CC2.CC1CCC2(CCCC2)CC1.CC1CCC2(CCCCC2)CC1. The maximum atomic E-state index is 2.49. The van der Waals surface area contributed by atoms with Crippen molar-refractivity contribution in [2.45, 2.75) is 375 Å². The Hall–Kier alpha value is 0. The van der Waals surface area contributed by atoms with Gasteiger partial charge in [-0.1, -0.05) is 221 Å². The highest BCUT2D eigenvalue weighted by molar-refractivity contribution is 4.99. The molecule has 0 unspecified atom stereocenters. The quantitative estimate of drug-likeness (QED) is 0.227. The predicted octanol–water partition coefficient (Wildman–Crippen LogP) is 25.2. The summed E-state index contributed by atoms with van der Waals surface area (Å²) in [5.74, 6) is 5.97. The molecule has 0 aliphatic heterocycles. The van der Waals surface area contributed by atoms with Gasteiger partial charge in [0.15, 0.2) is 0 Å². The van der Waals surface area contributed by atoms with Crippen LogP contribution in [0.1, 0.15) is 375 Å². The van der Waals surface area contributed by atoms with Crippen LogP contribution >= 0.6 is 0 Å². The van der Waals surface area contributed by atoms with Gasteiger partial charge in [-0.25, -0.2) is 0 Å². The third kappa shape index (κ3) is 21.9. The average Bonchev–Trinajstić information content (AvgIpc) is 3.75. The second kappa shape index (κ2) is 26.5. The summed E-state index contributed by atoms with van der Waals surface area (Å²) in [5, 5.41) is 0. The molecule has 10 saturated carbocycles. The van der Waals surface area contributed by atoms with Gasteiger partial charge < -0.3 is 0 Å². The van der Waals surface area contributed by atoms with E-state index >= 15 is 0 Å². The van der Waals surface area contributed by atoms with Crippen LogP contribution < -0.4 is 0 Å². The van der Waals surface area contributed by atoms with Crippen molar-refractivity contribution in [1.29, 1.82) is 0 Å². The lowest BCUT2D eigenvalue weighted by atomic mass is 9.51. The first-order valence-electron chi connectivity index (χ1n) is 33.8. The Balaban J connectivity index is 0.000000164. The van der Waals surface area contributed by atoms with Gasteiger partial charge in [0.05, 0.1) is 0 Å². The number of hydrogen-bond donors (Lipinski definition) is 0.